The maximum atomic E-state index is 12.6. The molecule has 7 N–H and O–H groups in total. The maximum absolute atomic E-state index is 12.6. The summed E-state index contributed by atoms with van der Waals surface area (Å²) in [4.78, 5) is 21.5. The van der Waals surface area contributed by atoms with Gasteiger partial charge < -0.3 is 36.3 Å². The van der Waals surface area contributed by atoms with E-state index in [1.165, 1.54) is 0 Å². The number of guanidine groups is 2. The SMILES string of the molecule is CC(C)Oc1ccc(N)cc1.CC(C)Oc1ccc(NC(=NCc2ccc(Cl)cc2)NC(=O)c2ccccc2)cc1.CC(C)Oc1ccc(NC(N)=NCc2ccc(Cl)cc2)cc1. The number of benzene rings is 6. The number of nitrogen functional groups attached to an aromatic ring is 1. The second-order valence-electron chi connectivity index (χ2n) is 14.8. The summed E-state index contributed by atoms with van der Waals surface area (Å²) in [6.07, 6.45) is 0.480. The Kier molecular flexibility index (Phi) is 20.2. The highest BCUT2D eigenvalue weighted by molar-refractivity contribution is 6.30. The van der Waals surface area contributed by atoms with Gasteiger partial charge in [-0.2, -0.15) is 0 Å². The van der Waals surface area contributed by atoms with E-state index in [9.17, 15) is 4.79 Å². The first-order chi connectivity index (χ1) is 30.2. The summed E-state index contributed by atoms with van der Waals surface area (Å²) < 4.78 is 16.7. The molecule has 0 aliphatic heterocycles. The lowest BCUT2D eigenvalue weighted by Crippen LogP contribution is -2.36. The van der Waals surface area contributed by atoms with Gasteiger partial charge in [0, 0.05) is 32.7 Å². The van der Waals surface area contributed by atoms with Crippen LogP contribution in [0.5, 0.6) is 17.2 Å². The van der Waals surface area contributed by atoms with Crippen molar-refractivity contribution in [3.63, 3.8) is 0 Å². The quantitative estimate of drug-likeness (QED) is 0.0436. The van der Waals surface area contributed by atoms with Gasteiger partial charge in [0.15, 0.2) is 5.96 Å². The Balaban J connectivity index is 0.000000230. The molecular weight excluding hydrogens is 834 g/mol. The molecule has 0 saturated carbocycles. The van der Waals surface area contributed by atoms with Gasteiger partial charge in [0.05, 0.1) is 31.4 Å². The lowest BCUT2D eigenvalue weighted by atomic mass is 10.2. The minimum Gasteiger partial charge on any atom is -0.491 e. The van der Waals surface area contributed by atoms with Crippen LogP contribution in [0.3, 0.4) is 0 Å². The number of nitrogens with zero attached hydrogens (tertiary/aromatic N) is 2. The zero-order valence-corrected chi connectivity index (χ0v) is 38.0. The molecule has 63 heavy (non-hydrogen) atoms. The fourth-order valence-electron chi connectivity index (χ4n) is 5.33. The zero-order chi connectivity index (χ0) is 45.6. The van der Waals surface area contributed by atoms with E-state index < -0.39 is 0 Å². The number of anilines is 3. The number of halogens is 2. The van der Waals surface area contributed by atoms with E-state index >= 15 is 0 Å². The Morgan fingerprint density at radius 1 is 0.540 bits per heavy atom. The molecule has 0 heterocycles. The van der Waals surface area contributed by atoms with Gasteiger partial charge in [-0.05, 0) is 162 Å². The summed E-state index contributed by atoms with van der Waals surface area (Å²) in [5.74, 6) is 2.97. The van der Waals surface area contributed by atoms with Gasteiger partial charge in [-0.15, -0.1) is 0 Å². The molecule has 0 bridgehead atoms. The fourth-order valence-corrected chi connectivity index (χ4v) is 5.58. The van der Waals surface area contributed by atoms with Crippen molar-refractivity contribution in [2.75, 3.05) is 16.4 Å². The van der Waals surface area contributed by atoms with Gasteiger partial charge in [-0.1, -0.05) is 65.7 Å². The van der Waals surface area contributed by atoms with Crippen LogP contribution < -0.4 is 41.6 Å². The minimum absolute atomic E-state index is 0.102. The van der Waals surface area contributed by atoms with Crippen molar-refractivity contribution in [2.45, 2.75) is 72.9 Å². The number of rotatable bonds is 13. The Labute approximate surface area is 381 Å². The molecule has 1 amide bonds. The van der Waals surface area contributed by atoms with Crippen molar-refractivity contribution in [3.8, 4) is 17.2 Å². The van der Waals surface area contributed by atoms with Gasteiger partial charge >= 0.3 is 0 Å². The number of nitrogens with one attached hydrogen (secondary N) is 3. The molecule has 6 aromatic rings. The molecule has 0 unspecified atom stereocenters. The number of amides is 1. The van der Waals surface area contributed by atoms with Crippen LogP contribution in [0.2, 0.25) is 10.0 Å². The van der Waals surface area contributed by atoms with Gasteiger partial charge in [-0.3, -0.25) is 10.1 Å². The number of hydrogen-bond acceptors (Lipinski definition) is 7. The third-order valence-electron chi connectivity index (χ3n) is 8.19. The van der Waals surface area contributed by atoms with Crippen molar-refractivity contribution in [2.24, 2.45) is 15.7 Å². The molecule has 13 heteroatoms. The van der Waals surface area contributed by atoms with Crippen LogP contribution in [-0.4, -0.2) is 36.1 Å². The standard InChI is InChI=1S/C24H24ClN3O2.C17H20ClN3O.C9H13NO/c1-17(2)30-22-14-12-21(13-15-22)27-24(26-16-18-8-10-20(25)11-9-18)28-23(29)19-6-4-3-5-7-19;1-12(2)22-16-9-7-15(8-10-16)21-17(19)20-11-13-3-5-14(18)6-4-13;1-7(2)11-9-5-3-8(10)4-6-9/h3-15,17H,16H2,1-2H3,(H2,26,27,28,29);3-10,12H,11H2,1-2H3,(H3,19,20,21);3-7H,10H2,1-2H3. The van der Waals surface area contributed by atoms with Crippen molar-refractivity contribution in [1.29, 1.82) is 0 Å². The van der Waals surface area contributed by atoms with Crippen molar-refractivity contribution < 1.29 is 19.0 Å². The minimum atomic E-state index is -0.238. The van der Waals surface area contributed by atoms with E-state index in [0.29, 0.717) is 40.6 Å². The second kappa shape index (κ2) is 25.9. The van der Waals surface area contributed by atoms with Crippen LogP contribution in [0.15, 0.2) is 162 Å². The highest BCUT2D eigenvalue weighted by atomic mass is 35.5. The maximum Gasteiger partial charge on any atom is 0.257 e. The summed E-state index contributed by atoms with van der Waals surface area (Å²) in [6.45, 7) is 12.8. The average Bonchev–Trinajstić information content (AvgIpc) is 3.25. The Morgan fingerprint density at radius 2 is 0.937 bits per heavy atom. The Morgan fingerprint density at radius 3 is 1.37 bits per heavy atom. The summed E-state index contributed by atoms with van der Waals surface area (Å²) in [7, 11) is 0. The van der Waals surface area contributed by atoms with Crippen molar-refractivity contribution in [1.82, 2.24) is 5.32 Å². The first-order valence-electron chi connectivity index (χ1n) is 20.5. The summed E-state index contributed by atoms with van der Waals surface area (Å²) in [5, 5.41) is 10.5. The highest BCUT2D eigenvalue weighted by Crippen LogP contribution is 2.19. The number of hydrogen-bond donors (Lipinski definition) is 5. The van der Waals surface area contributed by atoms with Gasteiger partial charge in [-0.25, -0.2) is 9.98 Å². The summed E-state index contributed by atoms with van der Waals surface area (Å²) >= 11 is 11.8. The molecule has 0 aliphatic carbocycles. The van der Waals surface area contributed by atoms with Crippen molar-refractivity contribution in [3.05, 3.63) is 178 Å². The Hall–Kier alpha value is -6.69. The average molecular weight is 891 g/mol. The van der Waals surface area contributed by atoms with E-state index in [1.807, 2.05) is 181 Å². The molecule has 0 atom stereocenters. The predicted molar refractivity (Wildman–Crippen MR) is 262 cm³/mol. The Bertz CT molecular complexity index is 2300. The molecular formula is C50H57Cl2N7O4. The topological polar surface area (TPSA) is 158 Å². The highest BCUT2D eigenvalue weighted by Gasteiger charge is 2.10. The molecule has 330 valence electrons. The molecule has 6 aromatic carbocycles. The third-order valence-corrected chi connectivity index (χ3v) is 8.69. The van der Waals surface area contributed by atoms with Crippen LogP contribution in [0, 0.1) is 0 Å². The molecule has 0 saturated heterocycles. The molecule has 11 nitrogen and oxygen atoms in total. The zero-order valence-electron chi connectivity index (χ0n) is 36.5. The number of ether oxygens (including phenoxy) is 3. The molecule has 0 aromatic heterocycles. The normalized spacial score (nSPS) is 11.2. The van der Waals surface area contributed by atoms with E-state index in [2.05, 4.69) is 25.9 Å². The van der Waals surface area contributed by atoms with E-state index in [1.54, 1.807) is 12.1 Å². The van der Waals surface area contributed by atoms with Gasteiger partial charge in [0.25, 0.3) is 5.91 Å². The third kappa shape index (κ3) is 19.7. The molecule has 0 aliphatic rings. The fraction of sp³-hybridized carbons (Fsp3) is 0.220. The number of carbonyl (C=O) groups is 1. The smallest absolute Gasteiger partial charge is 0.257 e. The van der Waals surface area contributed by atoms with Crippen LogP contribution in [0.4, 0.5) is 17.1 Å². The van der Waals surface area contributed by atoms with Crippen LogP contribution in [0.1, 0.15) is 63.0 Å². The van der Waals surface area contributed by atoms with E-state index in [4.69, 9.17) is 48.9 Å². The largest absolute Gasteiger partial charge is 0.491 e. The summed E-state index contributed by atoms with van der Waals surface area (Å²) in [5.41, 5.74) is 16.4. The number of aliphatic imine (C=N–C) groups is 2. The van der Waals surface area contributed by atoms with E-state index in [-0.39, 0.29) is 24.2 Å². The van der Waals surface area contributed by atoms with Gasteiger partial charge in [0.2, 0.25) is 5.96 Å². The van der Waals surface area contributed by atoms with Crippen LogP contribution >= 0.6 is 23.2 Å². The second-order valence-corrected chi connectivity index (χ2v) is 15.7. The number of nitrogens with two attached hydrogens (primary N) is 2. The molecule has 0 radical (unpaired) electrons. The molecule has 6 rings (SSSR count). The van der Waals surface area contributed by atoms with Gasteiger partial charge in [0.1, 0.15) is 17.2 Å². The van der Waals surface area contributed by atoms with Crippen LogP contribution in [0.25, 0.3) is 0 Å². The lowest BCUT2D eigenvalue weighted by Gasteiger charge is -2.13. The predicted octanol–water partition coefficient (Wildman–Crippen LogP) is 11.6. The summed E-state index contributed by atoms with van der Waals surface area (Å²) in [6, 6.07) is 46.5. The first-order valence-corrected chi connectivity index (χ1v) is 21.3. The first kappa shape index (κ1) is 49.0. The monoisotopic (exact) mass is 889 g/mol. The van der Waals surface area contributed by atoms with Crippen LogP contribution in [-0.2, 0) is 13.1 Å². The van der Waals surface area contributed by atoms with Crippen molar-refractivity contribution >= 4 is 58.1 Å². The lowest BCUT2D eigenvalue weighted by molar-refractivity contribution is 0.0976. The molecule has 0 fully saturated rings. The molecule has 0 spiro atoms. The van der Waals surface area contributed by atoms with E-state index in [0.717, 1.165) is 45.4 Å². The number of carbonyl (C=O) groups excluding carboxylic acids is 1.